The van der Waals surface area contributed by atoms with Crippen LogP contribution in [0, 0.1) is 0 Å². The van der Waals surface area contributed by atoms with Gasteiger partial charge in [0.25, 0.3) is 5.91 Å². The highest BCUT2D eigenvalue weighted by Crippen LogP contribution is 2.19. The summed E-state index contributed by atoms with van der Waals surface area (Å²) >= 11 is 0. The number of hydrogen-bond acceptors (Lipinski definition) is 6. The number of rotatable bonds is 6. The second kappa shape index (κ2) is 8.97. The molecule has 1 aromatic rings. The maximum absolute atomic E-state index is 12.6. The monoisotopic (exact) mass is 364 g/mol. The van der Waals surface area contributed by atoms with E-state index in [4.69, 9.17) is 4.42 Å². The van der Waals surface area contributed by atoms with Crippen molar-refractivity contribution in [1.82, 2.24) is 19.7 Å². The van der Waals surface area contributed by atoms with E-state index in [0.717, 1.165) is 58.5 Å². The van der Waals surface area contributed by atoms with E-state index >= 15 is 0 Å². The minimum Gasteiger partial charge on any atom is -0.447 e. The van der Waals surface area contributed by atoms with Crippen LogP contribution in [0.5, 0.6) is 0 Å². The van der Waals surface area contributed by atoms with Crippen molar-refractivity contribution in [2.24, 2.45) is 0 Å². The molecule has 0 aliphatic carbocycles. The fourth-order valence-electron chi connectivity index (χ4n) is 3.78. The van der Waals surface area contributed by atoms with Gasteiger partial charge in [0, 0.05) is 45.3 Å². The zero-order valence-corrected chi connectivity index (χ0v) is 16.1. The van der Waals surface area contributed by atoms with Crippen LogP contribution in [-0.4, -0.2) is 82.1 Å². The van der Waals surface area contributed by atoms with Crippen molar-refractivity contribution in [3.63, 3.8) is 0 Å². The molecule has 7 nitrogen and oxygen atoms in total. The summed E-state index contributed by atoms with van der Waals surface area (Å²) in [5.41, 5.74) is 0.429. The zero-order valence-electron chi connectivity index (χ0n) is 16.1. The minimum atomic E-state index is -0.237. The Morgan fingerprint density at radius 1 is 1.27 bits per heavy atom. The van der Waals surface area contributed by atoms with Gasteiger partial charge in [0.2, 0.25) is 5.89 Å². The van der Waals surface area contributed by atoms with Crippen LogP contribution in [0.25, 0.3) is 0 Å². The molecular formula is C19H32N4O3. The molecule has 1 N–H and O–H groups in total. The quantitative estimate of drug-likeness (QED) is 0.826. The summed E-state index contributed by atoms with van der Waals surface area (Å²) in [4.78, 5) is 23.6. The Morgan fingerprint density at radius 2 is 2.00 bits per heavy atom. The van der Waals surface area contributed by atoms with Gasteiger partial charge in [0.05, 0.1) is 12.6 Å². The van der Waals surface area contributed by atoms with Crippen molar-refractivity contribution in [3.8, 4) is 0 Å². The van der Waals surface area contributed by atoms with Crippen molar-refractivity contribution in [2.45, 2.75) is 58.2 Å². The first-order chi connectivity index (χ1) is 12.6. The number of aliphatic hydroxyl groups is 1. The van der Waals surface area contributed by atoms with Gasteiger partial charge in [0.15, 0.2) is 5.69 Å². The normalized spacial score (nSPS) is 24.0. The molecule has 0 bridgehead atoms. The van der Waals surface area contributed by atoms with Crippen LogP contribution >= 0.6 is 0 Å². The Kier molecular flexibility index (Phi) is 6.67. The first-order valence-electron chi connectivity index (χ1n) is 9.95. The fraction of sp³-hybridized carbons (Fsp3) is 0.789. The number of piperazine rings is 1. The van der Waals surface area contributed by atoms with E-state index in [1.165, 1.54) is 12.7 Å². The fourth-order valence-corrected chi connectivity index (χ4v) is 3.78. The Morgan fingerprint density at radius 3 is 2.69 bits per heavy atom. The molecule has 0 saturated carbocycles. The maximum atomic E-state index is 12.6. The van der Waals surface area contributed by atoms with E-state index < -0.39 is 0 Å². The summed E-state index contributed by atoms with van der Waals surface area (Å²) in [5.74, 6) is 0.602. The largest absolute Gasteiger partial charge is 0.447 e. The topological polar surface area (TPSA) is 73.1 Å². The second-order valence-electron chi connectivity index (χ2n) is 7.61. The second-order valence-corrected chi connectivity index (χ2v) is 7.61. The summed E-state index contributed by atoms with van der Waals surface area (Å²) in [6.07, 6.45) is 5.39. The SMILES string of the molecule is CCC(O)CN1CCN(Cc2nc(C(=O)N3CCCCC3C)co2)CC1. The number of hydrogen-bond donors (Lipinski definition) is 1. The van der Waals surface area contributed by atoms with E-state index in [0.29, 0.717) is 18.1 Å². The molecule has 146 valence electrons. The smallest absolute Gasteiger partial charge is 0.276 e. The van der Waals surface area contributed by atoms with Crippen LogP contribution < -0.4 is 0 Å². The number of aliphatic hydroxyl groups excluding tert-OH is 1. The Balaban J connectivity index is 1.49. The number of nitrogens with zero attached hydrogens (tertiary/aromatic N) is 4. The van der Waals surface area contributed by atoms with Gasteiger partial charge >= 0.3 is 0 Å². The number of oxazole rings is 1. The highest BCUT2D eigenvalue weighted by molar-refractivity contribution is 5.92. The third-order valence-electron chi connectivity index (χ3n) is 5.60. The summed E-state index contributed by atoms with van der Waals surface area (Å²) in [7, 11) is 0. The Labute approximate surface area is 156 Å². The number of aromatic nitrogens is 1. The van der Waals surface area contributed by atoms with Crippen molar-refractivity contribution in [2.75, 3.05) is 39.3 Å². The van der Waals surface area contributed by atoms with Gasteiger partial charge in [-0.2, -0.15) is 0 Å². The predicted octanol–water partition coefficient (Wildman–Crippen LogP) is 1.58. The van der Waals surface area contributed by atoms with E-state index in [1.807, 2.05) is 11.8 Å². The summed E-state index contributed by atoms with van der Waals surface area (Å²) < 4.78 is 5.57. The number of carbonyl (C=O) groups excluding carboxylic acids is 1. The molecule has 0 spiro atoms. The number of likely N-dealkylation sites (tertiary alicyclic amines) is 1. The Bertz CT molecular complexity index is 583. The molecule has 2 saturated heterocycles. The van der Waals surface area contributed by atoms with Gasteiger partial charge in [-0.3, -0.25) is 14.6 Å². The molecule has 2 unspecified atom stereocenters. The minimum absolute atomic E-state index is 0.00873. The van der Waals surface area contributed by atoms with E-state index in [1.54, 1.807) is 0 Å². The molecule has 2 atom stereocenters. The first-order valence-corrected chi connectivity index (χ1v) is 9.95. The number of amides is 1. The van der Waals surface area contributed by atoms with Crippen LogP contribution in [0.2, 0.25) is 0 Å². The molecule has 2 fully saturated rings. The molecule has 1 aromatic heterocycles. The number of β-amino-alcohol motifs (C(OH)–C–C–N with tert-alkyl or cyclic N) is 1. The van der Waals surface area contributed by atoms with Crippen LogP contribution in [0.4, 0.5) is 0 Å². The van der Waals surface area contributed by atoms with Crippen LogP contribution in [-0.2, 0) is 6.54 Å². The van der Waals surface area contributed by atoms with Gasteiger partial charge < -0.3 is 14.4 Å². The van der Waals surface area contributed by atoms with Crippen LogP contribution in [0.1, 0.15) is 55.9 Å². The van der Waals surface area contributed by atoms with Gasteiger partial charge in [0.1, 0.15) is 6.26 Å². The van der Waals surface area contributed by atoms with Crippen molar-refractivity contribution in [3.05, 3.63) is 17.8 Å². The molecule has 7 heteroatoms. The van der Waals surface area contributed by atoms with E-state index in [9.17, 15) is 9.90 Å². The summed E-state index contributed by atoms with van der Waals surface area (Å²) in [5, 5.41) is 9.78. The van der Waals surface area contributed by atoms with Gasteiger partial charge in [-0.15, -0.1) is 0 Å². The lowest BCUT2D eigenvalue weighted by molar-refractivity contribution is 0.0629. The zero-order chi connectivity index (χ0) is 18.5. The lowest BCUT2D eigenvalue weighted by atomic mass is 10.0. The highest BCUT2D eigenvalue weighted by atomic mass is 16.3. The van der Waals surface area contributed by atoms with Crippen molar-refractivity contribution in [1.29, 1.82) is 0 Å². The molecule has 3 heterocycles. The molecule has 1 amide bonds. The van der Waals surface area contributed by atoms with Crippen LogP contribution in [0.15, 0.2) is 10.7 Å². The maximum Gasteiger partial charge on any atom is 0.276 e. The molecule has 0 radical (unpaired) electrons. The molecule has 2 aliphatic heterocycles. The number of piperidine rings is 1. The van der Waals surface area contributed by atoms with Gasteiger partial charge in [-0.25, -0.2) is 4.98 Å². The molecule has 26 heavy (non-hydrogen) atoms. The lowest BCUT2D eigenvalue weighted by Crippen LogP contribution is -2.48. The molecule has 2 aliphatic rings. The third-order valence-corrected chi connectivity index (χ3v) is 5.60. The molecule has 3 rings (SSSR count). The number of carbonyl (C=O) groups is 1. The molecule has 0 aromatic carbocycles. The van der Waals surface area contributed by atoms with E-state index in [2.05, 4.69) is 21.7 Å². The first kappa shape index (κ1) is 19.3. The van der Waals surface area contributed by atoms with Crippen molar-refractivity contribution >= 4 is 5.91 Å². The van der Waals surface area contributed by atoms with Gasteiger partial charge in [-0.1, -0.05) is 6.92 Å². The van der Waals surface area contributed by atoms with Crippen LogP contribution in [0.3, 0.4) is 0 Å². The lowest BCUT2D eigenvalue weighted by Gasteiger charge is -2.34. The van der Waals surface area contributed by atoms with E-state index in [-0.39, 0.29) is 18.1 Å². The third kappa shape index (κ3) is 4.84. The predicted molar refractivity (Wildman–Crippen MR) is 98.9 cm³/mol. The standard InChI is InChI=1S/C19H32N4O3/c1-3-16(24)12-21-8-10-22(11-9-21)13-18-20-17(14-26-18)19(25)23-7-5-4-6-15(23)2/h14-16,24H,3-13H2,1-2H3. The summed E-state index contributed by atoms with van der Waals surface area (Å²) in [6.45, 7) is 10.0. The average Bonchev–Trinajstić information content (AvgIpc) is 3.11. The highest BCUT2D eigenvalue weighted by Gasteiger charge is 2.27. The Hall–Kier alpha value is -1.44. The average molecular weight is 364 g/mol. The van der Waals surface area contributed by atoms with Gasteiger partial charge in [-0.05, 0) is 32.6 Å². The van der Waals surface area contributed by atoms with Crippen molar-refractivity contribution < 1.29 is 14.3 Å². The summed E-state index contributed by atoms with van der Waals surface area (Å²) in [6, 6.07) is 0.281. The molecular weight excluding hydrogens is 332 g/mol.